The molecule has 0 aliphatic heterocycles. The molecule has 1 heterocycles. The predicted octanol–water partition coefficient (Wildman–Crippen LogP) is 5.17. The molecule has 2 aromatic carbocycles. The minimum absolute atomic E-state index is 0.0485. The predicted molar refractivity (Wildman–Crippen MR) is 130 cm³/mol. The number of fused-ring (bicyclic) bond motifs is 1. The minimum atomic E-state index is -0.410. The molecular formula is C26H28ClN3O3. The quantitative estimate of drug-likeness (QED) is 0.471. The van der Waals surface area contributed by atoms with Gasteiger partial charge in [0.2, 0.25) is 0 Å². The molecule has 1 fully saturated rings. The summed E-state index contributed by atoms with van der Waals surface area (Å²) in [5.74, 6) is -0.298. The van der Waals surface area contributed by atoms with Crippen molar-refractivity contribution >= 4 is 34.3 Å². The number of carbonyl (C=O) groups excluding carboxylic acids is 1. The van der Waals surface area contributed by atoms with Crippen molar-refractivity contribution in [3.8, 4) is 0 Å². The maximum absolute atomic E-state index is 12.2. The number of hydrogen-bond donors (Lipinski definition) is 0. The van der Waals surface area contributed by atoms with Crippen LogP contribution in [0.3, 0.4) is 0 Å². The molecule has 6 nitrogen and oxygen atoms in total. The summed E-state index contributed by atoms with van der Waals surface area (Å²) >= 11 is 6.53. The molecule has 0 bridgehead atoms. The summed E-state index contributed by atoms with van der Waals surface area (Å²) in [6.07, 6.45) is 3.05. The number of halogens is 1. The van der Waals surface area contributed by atoms with Gasteiger partial charge in [-0.25, -0.2) is 9.78 Å². The van der Waals surface area contributed by atoms with E-state index in [9.17, 15) is 4.79 Å². The summed E-state index contributed by atoms with van der Waals surface area (Å²) in [7, 11) is 3.05. The second-order valence-corrected chi connectivity index (χ2v) is 8.65. The molecule has 0 saturated heterocycles. The number of aromatic nitrogens is 2. The Morgan fingerprint density at radius 2 is 2.03 bits per heavy atom. The highest BCUT2D eigenvalue weighted by atomic mass is 35.5. The average Bonchev–Trinajstić information content (AvgIpc) is 3.30. The third-order valence-electron chi connectivity index (χ3n) is 6.27. The van der Waals surface area contributed by atoms with E-state index < -0.39 is 5.97 Å². The van der Waals surface area contributed by atoms with Crippen LogP contribution in [0.2, 0.25) is 5.15 Å². The van der Waals surface area contributed by atoms with Crippen LogP contribution < -0.4 is 5.49 Å². The molecule has 7 heteroatoms. The highest BCUT2D eigenvalue weighted by molar-refractivity contribution is 6.29. The van der Waals surface area contributed by atoms with Crippen molar-refractivity contribution < 1.29 is 14.3 Å². The van der Waals surface area contributed by atoms with Crippen LogP contribution in [-0.4, -0.2) is 35.8 Å². The minimum Gasteiger partial charge on any atom is -0.465 e. The molecule has 3 aromatic rings. The zero-order valence-electron chi connectivity index (χ0n) is 19.2. The van der Waals surface area contributed by atoms with Gasteiger partial charge >= 0.3 is 5.97 Å². The Labute approximate surface area is 198 Å². The van der Waals surface area contributed by atoms with Crippen molar-refractivity contribution in [1.29, 1.82) is 0 Å². The van der Waals surface area contributed by atoms with Gasteiger partial charge < -0.3 is 9.47 Å². The molecular weight excluding hydrogens is 438 g/mol. The first kappa shape index (κ1) is 23.2. The van der Waals surface area contributed by atoms with Crippen LogP contribution >= 0.6 is 11.6 Å². The lowest BCUT2D eigenvalue weighted by Crippen LogP contribution is -2.29. The number of carbonyl (C=O) groups is 1. The van der Waals surface area contributed by atoms with E-state index >= 15 is 0 Å². The molecule has 1 aromatic heterocycles. The second kappa shape index (κ2) is 9.89. The van der Waals surface area contributed by atoms with E-state index in [2.05, 4.69) is 28.7 Å². The molecule has 2 atom stereocenters. The third kappa shape index (κ3) is 4.59. The topological polar surface area (TPSA) is 65.7 Å². The maximum Gasteiger partial charge on any atom is 0.338 e. The fraction of sp³-hybridized carbons (Fsp3) is 0.346. The standard InChI is InChI=1S/C26H28ClN3O3/c1-16-13-22-21(14-20(16)26(31)32-4)29-24(27)25(28-3)30(22)17(2)19-11-8-12-23(19)33-15-18-9-6-5-7-10-18/h5-7,9-10,13-14,19,23H,2,8,11-12,15H2,1,3-4H3/t19-,23-/m0/s1. The summed E-state index contributed by atoms with van der Waals surface area (Å²) in [6, 6.07) is 13.8. The Balaban J connectivity index is 1.74. The Morgan fingerprint density at radius 1 is 1.27 bits per heavy atom. The zero-order valence-corrected chi connectivity index (χ0v) is 19.9. The van der Waals surface area contributed by atoms with Crippen molar-refractivity contribution in [1.82, 2.24) is 9.55 Å². The van der Waals surface area contributed by atoms with Gasteiger partial charge in [-0.2, -0.15) is 0 Å². The highest BCUT2D eigenvalue weighted by Gasteiger charge is 2.32. The van der Waals surface area contributed by atoms with Crippen molar-refractivity contribution in [2.45, 2.75) is 38.9 Å². The Kier molecular flexibility index (Phi) is 6.96. The normalized spacial score (nSPS) is 18.6. The molecule has 1 saturated carbocycles. The number of hydrogen-bond acceptors (Lipinski definition) is 5. The van der Waals surface area contributed by atoms with E-state index in [0.29, 0.717) is 23.2 Å². The number of esters is 1. The summed E-state index contributed by atoms with van der Waals surface area (Å²) < 4.78 is 13.2. The molecule has 172 valence electrons. The van der Waals surface area contributed by atoms with E-state index in [0.717, 1.165) is 41.6 Å². The van der Waals surface area contributed by atoms with Gasteiger partial charge in [-0.3, -0.25) is 9.56 Å². The second-order valence-electron chi connectivity index (χ2n) is 8.30. The zero-order chi connectivity index (χ0) is 23.5. The van der Waals surface area contributed by atoms with E-state index in [-0.39, 0.29) is 17.2 Å². The van der Waals surface area contributed by atoms with Gasteiger partial charge in [-0.05, 0) is 43.0 Å². The molecule has 0 spiro atoms. The molecule has 0 radical (unpaired) electrons. The van der Waals surface area contributed by atoms with Gasteiger partial charge in [0.05, 0.1) is 36.4 Å². The van der Waals surface area contributed by atoms with Gasteiger partial charge in [0, 0.05) is 18.7 Å². The van der Waals surface area contributed by atoms with Crippen molar-refractivity contribution in [3.63, 3.8) is 0 Å². The lowest BCUT2D eigenvalue weighted by atomic mass is 10.0. The summed E-state index contributed by atoms with van der Waals surface area (Å²) in [5, 5.41) is 0.255. The molecule has 0 N–H and O–H groups in total. The molecule has 0 amide bonds. The molecule has 1 aliphatic carbocycles. The largest absolute Gasteiger partial charge is 0.465 e. The van der Waals surface area contributed by atoms with E-state index in [1.54, 1.807) is 13.1 Å². The van der Waals surface area contributed by atoms with Crippen LogP contribution in [0.5, 0.6) is 0 Å². The lowest BCUT2D eigenvalue weighted by Gasteiger charge is -2.25. The average molecular weight is 466 g/mol. The van der Waals surface area contributed by atoms with Gasteiger partial charge in [0.15, 0.2) is 10.6 Å². The molecule has 4 rings (SSSR count). The summed E-state index contributed by atoms with van der Waals surface area (Å²) in [4.78, 5) is 21.1. The first-order chi connectivity index (χ1) is 15.9. The molecule has 33 heavy (non-hydrogen) atoms. The van der Waals surface area contributed by atoms with Crippen LogP contribution in [0.4, 0.5) is 0 Å². The Hall–Kier alpha value is -2.96. The lowest BCUT2D eigenvalue weighted by molar-refractivity contribution is 0.0286. The van der Waals surface area contributed by atoms with Crippen LogP contribution in [0.1, 0.15) is 40.7 Å². The van der Waals surface area contributed by atoms with Crippen LogP contribution in [0.25, 0.3) is 16.7 Å². The van der Waals surface area contributed by atoms with E-state index in [1.165, 1.54) is 7.11 Å². The number of rotatable bonds is 6. The molecule has 0 unspecified atom stereocenters. The van der Waals surface area contributed by atoms with E-state index in [4.69, 9.17) is 21.1 Å². The Morgan fingerprint density at radius 3 is 2.73 bits per heavy atom. The molecule has 1 aliphatic rings. The van der Waals surface area contributed by atoms with Crippen molar-refractivity contribution in [2.24, 2.45) is 10.9 Å². The number of methoxy groups -OCH3 is 1. The smallest absolute Gasteiger partial charge is 0.338 e. The van der Waals surface area contributed by atoms with Crippen molar-refractivity contribution in [2.75, 3.05) is 14.2 Å². The third-order valence-corrected chi connectivity index (χ3v) is 6.52. The maximum atomic E-state index is 12.2. The first-order valence-electron chi connectivity index (χ1n) is 11.0. The monoisotopic (exact) mass is 465 g/mol. The van der Waals surface area contributed by atoms with Gasteiger partial charge in [0.25, 0.3) is 0 Å². The van der Waals surface area contributed by atoms with Gasteiger partial charge in [0.1, 0.15) is 0 Å². The van der Waals surface area contributed by atoms with Crippen LogP contribution in [-0.2, 0) is 16.1 Å². The first-order valence-corrected chi connectivity index (χ1v) is 11.4. The number of ether oxygens (including phenoxy) is 2. The van der Waals surface area contributed by atoms with E-state index in [1.807, 2.05) is 35.8 Å². The number of benzene rings is 2. The van der Waals surface area contributed by atoms with Gasteiger partial charge in [-0.15, -0.1) is 0 Å². The van der Waals surface area contributed by atoms with Crippen LogP contribution in [0, 0.1) is 12.8 Å². The SMILES string of the molecule is C=C([C@@H]1CCC[C@@H]1OCc1ccccc1)n1c(=NC)c(Cl)nc2cc(C(=O)OC)c(C)cc21. The van der Waals surface area contributed by atoms with Gasteiger partial charge in [-0.1, -0.05) is 54.9 Å². The summed E-state index contributed by atoms with van der Waals surface area (Å²) in [5.41, 5.74) is 5.16. The fourth-order valence-corrected chi connectivity index (χ4v) is 4.83. The van der Waals surface area contributed by atoms with Crippen molar-refractivity contribution in [3.05, 3.63) is 76.4 Å². The number of aryl methyl sites for hydroxylation is 1. The summed E-state index contributed by atoms with van der Waals surface area (Å²) in [6.45, 7) is 6.89. The Bertz CT molecular complexity index is 1270. The number of nitrogens with zero attached hydrogens (tertiary/aromatic N) is 3. The van der Waals surface area contributed by atoms with Crippen LogP contribution in [0.15, 0.2) is 54.0 Å². The fourth-order valence-electron chi connectivity index (χ4n) is 4.57. The highest BCUT2D eigenvalue weighted by Crippen LogP contribution is 2.36.